The number of likely N-dealkylation sites (tertiary alicyclic amines) is 1. The summed E-state index contributed by atoms with van der Waals surface area (Å²) in [6.07, 6.45) is 4.98. The van der Waals surface area contributed by atoms with E-state index >= 15 is 0 Å². The lowest BCUT2D eigenvalue weighted by Gasteiger charge is -2.26. The number of rotatable bonds is 8. The molecule has 0 unspecified atom stereocenters. The van der Waals surface area contributed by atoms with Crippen LogP contribution in [0.4, 0.5) is 0 Å². The van der Waals surface area contributed by atoms with Crippen molar-refractivity contribution in [2.24, 2.45) is 0 Å². The predicted molar refractivity (Wildman–Crippen MR) is 139 cm³/mol. The first-order valence-electron chi connectivity index (χ1n) is 11.9. The van der Waals surface area contributed by atoms with Crippen LogP contribution in [0.5, 0.6) is 5.75 Å². The second kappa shape index (κ2) is 10.6. The number of aromatic nitrogens is 1. The third kappa shape index (κ3) is 4.93. The van der Waals surface area contributed by atoms with Gasteiger partial charge in [-0.25, -0.2) is 0 Å². The molecule has 2 heterocycles. The number of aliphatic hydroxyl groups excluding tert-OH is 1. The highest BCUT2D eigenvalue weighted by atomic mass is 16.5. The van der Waals surface area contributed by atoms with Gasteiger partial charge in [0.2, 0.25) is 0 Å². The topological polar surface area (TPSA) is 79.7 Å². The molecule has 1 saturated heterocycles. The Morgan fingerprint density at radius 3 is 2.53 bits per heavy atom. The van der Waals surface area contributed by atoms with Crippen LogP contribution in [0, 0.1) is 6.92 Å². The molecule has 0 radical (unpaired) electrons. The lowest BCUT2D eigenvalue weighted by atomic mass is 9.92. The number of nitrogens with zero attached hydrogens (tertiary/aromatic N) is 2. The minimum Gasteiger partial charge on any atom is -0.507 e. The van der Waals surface area contributed by atoms with Crippen molar-refractivity contribution in [1.82, 2.24) is 9.88 Å². The minimum absolute atomic E-state index is 0.0732. The van der Waals surface area contributed by atoms with Crippen molar-refractivity contribution in [3.05, 3.63) is 113 Å². The number of carbonyl (C=O) groups is 2. The van der Waals surface area contributed by atoms with Gasteiger partial charge in [-0.3, -0.25) is 14.6 Å². The standard InChI is InChI=1S/C30H30N2O4/c1-5-15-36-24-12-13-25(20(4)16-24)28(33)26-27(23-10-8-22(9-11-23)19(2)3)32(30(35)29(26)34)18-21-7-6-14-31-17-21/h5-14,16-17,19,27,33H,1,15,18H2,2-4H3/t27-/m1/s1. The number of Topliss-reactive ketones (excluding diaryl/α,β-unsaturated/α-hetero) is 1. The number of aryl methyl sites for hydroxylation is 1. The molecule has 184 valence electrons. The van der Waals surface area contributed by atoms with Gasteiger partial charge in [-0.15, -0.1) is 0 Å². The third-order valence-electron chi connectivity index (χ3n) is 6.36. The maximum absolute atomic E-state index is 13.3. The van der Waals surface area contributed by atoms with Gasteiger partial charge in [-0.1, -0.05) is 56.8 Å². The van der Waals surface area contributed by atoms with Gasteiger partial charge in [0.25, 0.3) is 11.7 Å². The molecule has 1 fully saturated rings. The SMILES string of the molecule is C=CCOc1ccc(C(O)=C2C(=O)C(=O)N(Cc3cccnc3)[C@@H]2c2ccc(C(C)C)cc2)c(C)c1. The van der Waals surface area contributed by atoms with Gasteiger partial charge in [0.15, 0.2) is 0 Å². The van der Waals surface area contributed by atoms with Gasteiger partial charge in [0, 0.05) is 24.5 Å². The van der Waals surface area contributed by atoms with Crippen LogP contribution >= 0.6 is 0 Å². The van der Waals surface area contributed by atoms with Crippen molar-refractivity contribution in [2.75, 3.05) is 6.61 Å². The zero-order valence-electron chi connectivity index (χ0n) is 20.8. The molecule has 1 N–H and O–H groups in total. The predicted octanol–water partition coefficient (Wildman–Crippen LogP) is 5.70. The number of ether oxygens (including phenoxy) is 1. The molecule has 1 aliphatic rings. The Labute approximate surface area is 211 Å². The van der Waals surface area contributed by atoms with Crippen molar-refractivity contribution in [2.45, 2.75) is 39.3 Å². The zero-order chi connectivity index (χ0) is 25.8. The molecule has 1 amide bonds. The average Bonchev–Trinajstić information content (AvgIpc) is 3.12. The first kappa shape index (κ1) is 24.9. The first-order chi connectivity index (χ1) is 17.3. The molecular formula is C30H30N2O4. The van der Waals surface area contributed by atoms with E-state index in [0.717, 1.165) is 22.3 Å². The Hall–Kier alpha value is -4.19. The Morgan fingerprint density at radius 2 is 1.92 bits per heavy atom. The molecule has 2 aromatic carbocycles. The van der Waals surface area contributed by atoms with Crippen LogP contribution in [0.15, 0.2) is 85.2 Å². The van der Waals surface area contributed by atoms with Crippen LogP contribution in [-0.2, 0) is 16.1 Å². The van der Waals surface area contributed by atoms with Crippen LogP contribution in [0.25, 0.3) is 5.76 Å². The summed E-state index contributed by atoms with van der Waals surface area (Å²) in [5.41, 5.74) is 3.97. The van der Waals surface area contributed by atoms with E-state index in [4.69, 9.17) is 4.74 Å². The summed E-state index contributed by atoms with van der Waals surface area (Å²) < 4.78 is 5.59. The lowest BCUT2D eigenvalue weighted by Crippen LogP contribution is -2.29. The van der Waals surface area contributed by atoms with E-state index < -0.39 is 17.7 Å². The smallest absolute Gasteiger partial charge is 0.295 e. The quantitative estimate of drug-likeness (QED) is 0.193. The molecule has 6 nitrogen and oxygen atoms in total. The Balaban J connectivity index is 1.83. The molecule has 3 aromatic rings. The molecule has 0 aliphatic carbocycles. The number of pyridine rings is 1. The van der Waals surface area contributed by atoms with Crippen molar-refractivity contribution < 1.29 is 19.4 Å². The fourth-order valence-corrected chi connectivity index (χ4v) is 4.43. The van der Waals surface area contributed by atoms with E-state index in [0.29, 0.717) is 23.8 Å². The van der Waals surface area contributed by atoms with Gasteiger partial charge < -0.3 is 14.7 Å². The van der Waals surface area contributed by atoms with Gasteiger partial charge in [-0.2, -0.15) is 0 Å². The lowest BCUT2D eigenvalue weighted by molar-refractivity contribution is -0.140. The molecule has 0 spiro atoms. The second-order valence-corrected chi connectivity index (χ2v) is 9.19. The minimum atomic E-state index is -0.734. The van der Waals surface area contributed by atoms with Crippen molar-refractivity contribution in [3.8, 4) is 5.75 Å². The first-order valence-corrected chi connectivity index (χ1v) is 11.9. The monoisotopic (exact) mass is 482 g/mol. The number of ketones is 1. The number of amides is 1. The maximum Gasteiger partial charge on any atom is 0.295 e. The molecule has 1 atom stereocenters. The highest BCUT2D eigenvalue weighted by Gasteiger charge is 2.46. The summed E-state index contributed by atoms with van der Waals surface area (Å²) in [5.74, 6) is -0.595. The molecule has 0 bridgehead atoms. The number of carbonyl (C=O) groups excluding carboxylic acids is 2. The maximum atomic E-state index is 13.3. The zero-order valence-corrected chi connectivity index (χ0v) is 20.8. The fraction of sp³-hybridized carbons (Fsp3) is 0.233. The normalized spacial score (nSPS) is 17.0. The van der Waals surface area contributed by atoms with Crippen LogP contribution in [0.1, 0.15) is 53.6 Å². The summed E-state index contributed by atoms with van der Waals surface area (Å²) in [6.45, 7) is 10.2. The Bertz CT molecular complexity index is 1310. The second-order valence-electron chi connectivity index (χ2n) is 9.19. The van der Waals surface area contributed by atoms with Gasteiger partial charge >= 0.3 is 0 Å². The van der Waals surface area contributed by atoms with E-state index in [2.05, 4.69) is 25.4 Å². The number of benzene rings is 2. The molecule has 1 aliphatic heterocycles. The van der Waals surface area contributed by atoms with E-state index in [1.165, 1.54) is 4.90 Å². The molecule has 36 heavy (non-hydrogen) atoms. The largest absolute Gasteiger partial charge is 0.507 e. The molecular weight excluding hydrogens is 452 g/mol. The van der Waals surface area contributed by atoms with Crippen molar-refractivity contribution >= 4 is 17.4 Å². The number of aliphatic hydroxyl groups is 1. The number of hydrogen-bond donors (Lipinski definition) is 1. The van der Waals surface area contributed by atoms with Crippen LogP contribution < -0.4 is 4.74 Å². The molecule has 4 rings (SSSR count). The third-order valence-corrected chi connectivity index (χ3v) is 6.36. The average molecular weight is 483 g/mol. The van der Waals surface area contributed by atoms with Crippen LogP contribution in [0.2, 0.25) is 0 Å². The fourth-order valence-electron chi connectivity index (χ4n) is 4.43. The number of hydrogen-bond acceptors (Lipinski definition) is 5. The Kier molecular flexibility index (Phi) is 7.34. The summed E-state index contributed by atoms with van der Waals surface area (Å²) in [5, 5.41) is 11.4. The Morgan fingerprint density at radius 1 is 1.17 bits per heavy atom. The molecule has 0 saturated carbocycles. The highest BCUT2D eigenvalue weighted by Crippen LogP contribution is 2.41. The molecule has 1 aromatic heterocycles. The van der Waals surface area contributed by atoms with E-state index in [-0.39, 0.29) is 17.9 Å². The van der Waals surface area contributed by atoms with E-state index in [9.17, 15) is 14.7 Å². The summed E-state index contributed by atoms with van der Waals surface area (Å²) in [7, 11) is 0. The summed E-state index contributed by atoms with van der Waals surface area (Å²) in [6, 6.07) is 16.0. The van der Waals surface area contributed by atoms with Gasteiger partial charge in [0.05, 0.1) is 11.6 Å². The van der Waals surface area contributed by atoms with E-state index in [1.807, 2.05) is 37.3 Å². The summed E-state index contributed by atoms with van der Waals surface area (Å²) >= 11 is 0. The van der Waals surface area contributed by atoms with Gasteiger partial charge in [-0.05, 0) is 59.4 Å². The van der Waals surface area contributed by atoms with Crippen molar-refractivity contribution in [1.29, 1.82) is 0 Å². The summed E-state index contributed by atoms with van der Waals surface area (Å²) in [4.78, 5) is 32.2. The van der Waals surface area contributed by atoms with Gasteiger partial charge in [0.1, 0.15) is 18.1 Å². The highest BCUT2D eigenvalue weighted by molar-refractivity contribution is 6.46. The van der Waals surface area contributed by atoms with Crippen LogP contribution in [-0.4, -0.2) is 33.3 Å². The van der Waals surface area contributed by atoms with Crippen molar-refractivity contribution in [3.63, 3.8) is 0 Å². The van der Waals surface area contributed by atoms with Crippen LogP contribution in [0.3, 0.4) is 0 Å². The van der Waals surface area contributed by atoms with E-state index in [1.54, 1.807) is 42.7 Å². The molecule has 6 heteroatoms.